The number of rotatable bonds is 7. The smallest absolute Gasteiger partial charge is 0.303 e. The molecule has 0 aromatic heterocycles. The van der Waals surface area contributed by atoms with Crippen LogP contribution in [0.4, 0.5) is 0 Å². The molecule has 1 rings (SSSR count). The second-order valence-corrected chi connectivity index (χ2v) is 5.36. The third kappa shape index (κ3) is 5.21. The van der Waals surface area contributed by atoms with Crippen LogP contribution >= 0.6 is 15.9 Å². The van der Waals surface area contributed by atoms with E-state index < -0.39 is 5.97 Å². The van der Waals surface area contributed by atoms with Crippen molar-refractivity contribution in [1.82, 2.24) is 4.90 Å². The molecule has 20 heavy (non-hydrogen) atoms. The third-order valence-electron chi connectivity index (χ3n) is 2.89. The summed E-state index contributed by atoms with van der Waals surface area (Å²) in [7, 11) is 3.24. The first kappa shape index (κ1) is 16.5. The van der Waals surface area contributed by atoms with Crippen LogP contribution in [0.3, 0.4) is 0 Å². The van der Waals surface area contributed by atoms with Gasteiger partial charge in [0.25, 0.3) is 0 Å². The van der Waals surface area contributed by atoms with Gasteiger partial charge < -0.3 is 14.7 Å². The summed E-state index contributed by atoms with van der Waals surface area (Å²) >= 11 is 3.36. The normalized spacial score (nSPS) is 10.2. The topological polar surface area (TPSA) is 66.8 Å². The number of carbonyl (C=O) groups excluding carboxylic acids is 1. The van der Waals surface area contributed by atoms with E-state index in [1.807, 2.05) is 12.1 Å². The van der Waals surface area contributed by atoms with E-state index in [0.29, 0.717) is 18.7 Å². The average molecular weight is 344 g/mol. The lowest BCUT2D eigenvalue weighted by atomic mass is 10.1. The number of halogens is 1. The Bertz CT molecular complexity index is 490. The lowest BCUT2D eigenvalue weighted by Crippen LogP contribution is -2.29. The first-order valence-electron chi connectivity index (χ1n) is 6.22. The highest BCUT2D eigenvalue weighted by Gasteiger charge is 2.13. The van der Waals surface area contributed by atoms with E-state index in [2.05, 4.69) is 15.9 Å². The van der Waals surface area contributed by atoms with Gasteiger partial charge in [0, 0.05) is 30.0 Å². The van der Waals surface area contributed by atoms with Gasteiger partial charge in [-0.25, -0.2) is 0 Å². The molecule has 0 saturated carbocycles. The van der Waals surface area contributed by atoms with Gasteiger partial charge in [-0.2, -0.15) is 0 Å². The van der Waals surface area contributed by atoms with Crippen LogP contribution in [0, 0.1) is 0 Å². The average Bonchev–Trinajstić information content (AvgIpc) is 2.38. The summed E-state index contributed by atoms with van der Waals surface area (Å²) in [4.78, 5) is 24.1. The highest BCUT2D eigenvalue weighted by molar-refractivity contribution is 9.10. The summed E-state index contributed by atoms with van der Waals surface area (Å²) in [5.41, 5.74) is 0.803. The van der Waals surface area contributed by atoms with Crippen LogP contribution < -0.4 is 4.74 Å². The van der Waals surface area contributed by atoms with Gasteiger partial charge in [-0.15, -0.1) is 0 Å². The Labute approximate surface area is 126 Å². The Morgan fingerprint density at radius 1 is 1.40 bits per heavy atom. The van der Waals surface area contributed by atoms with Crippen molar-refractivity contribution in [2.24, 2.45) is 0 Å². The SMILES string of the molecule is COc1ccc(Br)cc1CC(=O)N(C)CCCC(=O)O. The number of aliphatic carboxylic acids is 1. The predicted octanol–water partition coefficient (Wildman–Crippen LogP) is 2.32. The van der Waals surface area contributed by atoms with Crippen LogP contribution in [0.2, 0.25) is 0 Å². The minimum absolute atomic E-state index is 0.0632. The zero-order valence-corrected chi connectivity index (χ0v) is 13.1. The summed E-state index contributed by atoms with van der Waals surface area (Å²) in [6.45, 7) is 0.432. The van der Waals surface area contributed by atoms with Crippen LogP contribution in [-0.4, -0.2) is 42.6 Å². The van der Waals surface area contributed by atoms with Crippen molar-refractivity contribution in [2.75, 3.05) is 20.7 Å². The molecular weight excluding hydrogens is 326 g/mol. The molecule has 1 aromatic rings. The van der Waals surface area contributed by atoms with E-state index in [4.69, 9.17) is 9.84 Å². The molecule has 110 valence electrons. The number of amides is 1. The molecule has 0 aliphatic rings. The number of likely N-dealkylation sites (N-methyl/N-ethyl adjacent to an activating group) is 1. The van der Waals surface area contributed by atoms with Crippen LogP contribution in [0.25, 0.3) is 0 Å². The summed E-state index contributed by atoms with van der Waals surface area (Å²) in [5, 5.41) is 8.57. The second kappa shape index (κ2) is 7.89. The molecule has 0 heterocycles. The highest BCUT2D eigenvalue weighted by atomic mass is 79.9. The number of carboxylic acid groups (broad SMARTS) is 1. The van der Waals surface area contributed by atoms with E-state index in [1.165, 1.54) is 0 Å². The molecule has 0 saturated heterocycles. The number of nitrogens with zero attached hydrogens (tertiary/aromatic N) is 1. The predicted molar refractivity (Wildman–Crippen MR) is 78.9 cm³/mol. The van der Waals surface area contributed by atoms with Crippen molar-refractivity contribution in [3.05, 3.63) is 28.2 Å². The molecule has 1 N–H and O–H groups in total. The van der Waals surface area contributed by atoms with Crippen molar-refractivity contribution in [3.63, 3.8) is 0 Å². The van der Waals surface area contributed by atoms with Gasteiger partial charge in [0.05, 0.1) is 13.5 Å². The summed E-state index contributed by atoms with van der Waals surface area (Å²) in [5.74, 6) is -0.244. The molecule has 1 amide bonds. The molecular formula is C14H18BrNO4. The maximum atomic E-state index is 12.1. The fraction of sp³-hybridized carbons (Fsp3) is 0.429. The quantitative estimate of drug-likeness (QED) is 0.824. The number of hydrogen-bond donors (Lipinski definition) is 1. The van der Waals surface area contributed by atoms with E-state index in [0.717, 1.165) is 10.0 Å². The van der Waals surface area contributed by atoms with E-state index in [1.54, 1.807) is 25.1 Å². The van der Waals surface area contributed by atoms with Crippen molar-refractivity contribution in [1.29, 1.82) is 0 Å². The van der Waals surface area contributed by atoms with Gasteiger partial charge in [0.1, 0.15) is 5.75 Å². The summed E-state index contributed by atoms with van der Waals surface area (Å²) < 4.78 is 6.11. The fourth-order valence-electron chi connectivity index (χ4n) is 1.78. The lowest BCUT2D eigenvalue weighted by molar-refractivity contribution is -0.138. The molecule has 0 radical (unpaired) electrons. The molecule has 0 bridgehead atoms. The Morgan fingerprint density at radius 2 is 2.10 bits per heavy atom. The van der Waals surface area contributed by atoms with Crippen LogP contribution in [0.5, 0.6) is 5.75 Å². The van der Waals surface area contributed by atoms with Crippen LogP contribution in [0.1, 0.15) is 18.4 Å². The number of hydrogen-bond acceptors (Lipinski definition) is 3. The number of carboxylic acids is 1. The minimum Gasteiger partial charge on any atom is -0.496 e. The Balaban J connectivity index is 2.61. The van der Waals surface area contributed by atoms with Gasteiger partial charge in [-0.05, 0) is 24.6 Å². The molecule has 0 spiro atoms. The van der Waals surface area contributed by atoms with Gasteiger partial charge >= 0.3 is 5.97 Å². The molecule has 0 aliphatic heterocycles. The first-order valence-corrected chi connectivity index (χ1v) is 7.01. The van der Waals surface area contributed by atoms with E-state index >= 15 is 0 Å². The number of benzene rings is 1. The molecule has 0 aliphatic carbocycles. The number of ether oxygens (including phenoxy) is 1. The molecule has 6 heteroatoms. The van der Waals surface area contributed by atoms with E-state index in [9.17, 15) is 9.59 Å². The second-order valence-electron chi connectivity index (χ2n) is 4.45. The zero-order chi connectivity index (χ0) is 15.1. The van der Waals surface area contributed by atoms with Gasteiger partial charge in [-0.1, -0.05) is 15.9 Å². The first-order chi connectivity index (χ1) is 9.43. The zero-order valence-electron chi connectivity index (χ0n) is 11.6. The summed E-state index contributed by atoms with van der Waals surface area (Å²) in [6.07, 6.45) is 0.747. The largest absolute Gasteiger partial charge is 0.496 e. The van der Waals surface area contributed by atoms with Gasteiger partial charge in [0.2, 0.25) is 5.91 Å². The Kier molecular flexibility index (Phi) is 6.51. The lowest BCUT2D eigenvalue weighted by Gasteiger charge is -2.17. The molecule has 1 aromatic carbocycles. The maximum absolute atomic E-state index is 12.1. The van der Waals surface area contributed by atoms with Crippen molar-refractivity contribution >= 4 is 27.8 Å². The monoisotopic (exact) mass is 343 g/mol. The Morgan fingerprint density at radius 3 is 2.70 bits per heavy atom. The fourth-order valence-corrected chi connectivity index (χ4v) is 2.18. The van der Waals surface area contributed by atoms with E-state index in [-0.39, 0.29) is 18.7 Å². The summed E-state index contributed by atoms with van der Waals surface area (Å²) in [6, 6.07) is 5.50. The van der Waals surface area contributed by atoms with Crippen molar-refractivity contribution in [3.8, 4) is 5.75 Å². The molecule has 0 fully saturated rings. The molecule has 5 nitrogen and oxygen atoms in total. The van der Waals surface area contributed by atoms with Gasteiger partial charge in [0.15, 0.2) is 0 Å². The molecule has 0 unspecified atom stereocenters. The van der Waals surface area contributed by atoms with Crippen molar-refractivity contribution < 1.29 is 19.4 Å². The van der Waals surface area contributed by atoms with Crippen molar-refractivity contribution in [2.45, 2.75) is 19.3 Å². The maximum Gasteiger partial charge on any atom is 0.303 e. The third-order valence-corrected chi connectivity index (χ3v) is 3.39. The minimum atomic E-state index is -0.848. The van der Waals surface area contributed by atoms with Crippen LogP contribution in [0.15, 0.2) is 22.7 Å². The van der Waals surface area contributed by atoms with Gasteiger partial charge in [-0.3, -0.25) is 9.59 Å². The Hall–Kier alpha value is -1.56. The highest BCUT2D eigenvalue weighted by Crippen LogP contribution is 2.23. The number of carbonyl (C=O) groups is 2. The number of methoxy groups -OCH3 is 1. The standard InChI is InChI=1S/C14H18BrNO4/c1-16(7-3-4-14(18)19)13(17)9-10-8-11(15)5-6-12(10)20-2/h5-6,8H,3-4,7,9H2,1-2H3,(H,18,19). The molecule has 0 atom stereocenters. The van der Waals surface area contributed by atoms with Crippen LogP contribution in [-0.2, 0) is 16.0 Å².